The second-order valence-corrected chi connectivity index (χ2v) is 12.1. The first-order valence-electron chi connectivity index (χ1n) is 12.7. The molecule has 216 valence electrons. The number of alkyl carbamates (subject to hydrolysis) is 1. The molecule has 0 aliphatic heterocycles. The van der Waals surface area contributed by atoms with E-state index in [-0.39, 0.29) is 12.8 Å². The van der Waals surface area contributed by atoms with E-state index >= 15 is 0 Å². The van der Waals surface area contributed by atoms with Gasteiger partial charge >= 0.3 is 18.0 Å². The molecule has 2 N–H and O–H groups in total. The van der Waals surface area contributed by atoms with Crippen LogP contribution in [0.25, 0.3) is 0 Å². The second kappa shape index (κ2) is 13.8. The average molecular weight is 542 g/mol. The zero-order chi connectivity index (χ0) is 29.3. The number of nitrogens with one attached hydrogen (secondary N) is 1. The molecule has 1 rings (SSSR count). The smallest absolute Gasteiger partial charge is 0.408 e. The zero-order valence-corrected chi connectivity index (χ0v) is 24.1. The highest BCUT2D eigenvalue weighted by Crippen LogP contribution is 2.24. The fourth-order valence-corrected chi connectivity index (χ4v) is 3.27. The van der Waals surface area contributed by atoms with Crippen molar-refractivity contribution >= 4 is 18.0 Å². The Morgan fingerprint density at radius 2 is 1.34 bits per heavy atom. The number of halogens is 1. The number of aliphatic hydroxyl groups is 1. The number of ether oxygens (including phenoxy) is 4. The maximum absolute atomic E-state index is 13.2. The third-order valence-corrected chi connectivity index (χ3v) is 4.73. The highest BCUT2D eigenvalue weighted by molar-refractivity contribution is 5.83. The van der Waals surface area contributed by atoms with Gasteiger partial charge in [0.1, 0.15) is 41.4 Å². The number of benzene rings is 1. The molecule has 0 bridgehead atoms. The Morgan fingerprint density at radius 3 is 1.79 bits per heavy atom. The summed E-state index contributed by atoms with van der Waals surface area (Å²) in [5.74, 6) is -1.72. The highest BCUT2D eigenvalue weighted by atomic mass is 19.1. The van der Waals surface area contributed by atoms with Crippen molar-refractivity contribution in [1.82, 2.24) is 5.32 Å². The number of carbonyl (C=O) groups is 3. The van der Waals surface area contributed by atoms with Crippen LogP contribution in [0.5, 0.6) is 5.75 Å². The standard InChI is InChI=1S/C28H44FNO8/c1-26(2,3)36-23(32)19(14-18-10-12-20(13-11-18)35-21(16-29)17-31)15-22(24(33)37-27(4,5)6)30-25(34)38-28(7,8)9/h10-13,19,21-22,31H,14-17H2,1-9H3,(H,30,34)/t19-,21?,22-/m0/s1. The van der Waals surface area contributed by atoms with Gasteiger partial charge in [-0.2, -0.15) is 0 Å². The number of esters is 2. The summed E-state index contributed by atoms with van der Waals surface area (Å²) in [7, 11) is 0. The maximum atomic E-state index is 13.2. The van der Waals surface area contributed by atoms with Gasteiger partial charge in [0, 0.05) is 0 Å². The number of alkyl halides is 1. The highest BCUT2D eigenvalue weighted by Gasteiger charge is 2.35. The molecule has 0 saturated heterocycles. The topological polar surface area (TPSA) is 120 Å². The van der Waals surface area contributed by atoms with Crippen LogP contribution in [0, 0.1) is 5.92 Å². The Bertz CT molecular complexity index is 909. The molecule has 9 nitrogen and oxygen atoms in total. The third kappa shape index (κ3) is 13.6. The van der Waals surface area contributed by atoms with E-state index in [1.54, 1.807) is 86.6 Å². The van der Waals surface area contributed by atoms with Gasteiger partial charge in [0.05, 0.1) is 12.5 Å². The van der Waals surface area contributed by atoms with Gasteiger partial charge in [-0.3, -0.25) is 4.79 Å². The van der Waals surface area contributed by atoms with E-state index in [0.29, 0.717) is 11.3 Å². The first-order chi connectivity index (χ1) is 17.3. The van der Waals surface area contributed by atoms with Crippen molar-refractivity contribution in [2.24, 2.45) is 5.92 Å². The lowest BCUT2D eigenvalue weighted by Crippen LogP contribution is -2.48. The van der Waals surface area contributed by atoms with Gasteiger partial charge in [0.15, 0.2) is 0 Å². The fourth-order valence-electron chi connectivity index (χ4n) is 3.27. The van der Waals surface area contributed by atoms with Crippen molar-refractivity contribution in [3.8, 4) is 5.75 Å². The van der Waals surface area contributed by atoms with Crippen molar-refractivity contribution < 1.29 is 42.8 Å². The molecule has 1 aromatic carbocycles. The van der Waals surface area contributed by atoms with Crippen LogP contribution < -0.4 is 10.1 Å². The summed E-state index contributed by atoms with van der Waals surface area (Å²) in [6, 6.07) is 5.42. The monoisotopic (exact) mass is 541 g/mol. The molecular formula is C28H44FNO8. The predicted octanol–water partition coefficient (Wildman–Crippen LogP) is 4.52. The summed E-state index contributed by atoms with van der Waals surface area (Å²) < 4.78 is 34.7. The van der Waals surface area contributed by atoms with Gasteiger partial charge < -0.3 is 29.4 Å². The van der Waals surface area contributed by atoms with Crippen molar-refractivity contribution in [3.63, 3.8) is 0 Å². The van der Waals surface area contributed by atoms with Gasteiger partial charge in [0.25, 0.3) is 0 Å². The van der Waals surface area contributed by atoms with Crippen LogP contribution in [-0.4, -0.2) is 65.4 Å². The van der Waals surface area contributed by atoms with Crippen LogP contribution in [0.3, 0.4) is 0 Å². The minimum absolute atomic E-state index is 0.101. The van der Waals surface area contributed by atoms with Gasteiger partial charge in [-0.05, 0) is 92.9 Å². The largest absolute Gasteiger partial charge is 0.485 e. The van der Waals surface area contributed by atoms with E-state index in [0.717, 1.165) is 0 Å². The number of carbonyl (C=O) groups excluding carboxylic acids is 3. The zero-order valence-electron chi connectivity index (χ0n) is 24.1. The van der Waals surface area contributed by atoms with Gasteiger partial charge in [-0.1, -0.05) is 12.1 Å². The minimum atomic E-state index is -1.18. The van der Waals surface area contributed by atoms with Crippen LogP contribution in [0.2, 0.25) is 0 Å². The Morgan fingerprint density at radius 1 is 0.842 bits per heavy atom. The summed E-state index contributed by atoms with van der Waals surface area (Å²) in [6.45, 7) is 14.1. The molecule has 38 heavy (non-hydrogen) atoms. The van der Waals surface area contributed by atoms with E-state index in [4.69, 9.17) is 24.1 Å². The van der Waals surface area contributed by atoms with E-state index in [1.165, 1.54) is 0 Å². The summed E-state index contributed by atoms with van der Waals surface area (Å²) in [5, 5.41) is 11.7. The van der Waals surface area contributed by atoms with Crippen molar-refractivity contribution in [2.75, 3.05) is 13.3 Å². The molecule has 0 aliphatic rings. The maximum Gasteiger partial charge on any atom is 0.408 e. The molecule has 0 radical (unpaired) electrons. The lowest BCUT2D eigenvalue weighted by molar-refractivity contribution is -0.162. The summed E-state index contributed by atoms with van der Waals surface area (Å²) >= 11 is 0. The number of hydrogen-bond donors (Lipinski definition) is 2. The SMILES string of the molecule is CC(C)(C)OC(=O)N[C@@H](C[C@H](Cc1ccc(OC(CO)CF)cc1)C(=O)OC(C)(C)C)C(=O)OC(C)(C)C. The van der Waals surface area contributed by atoms with Crippen LogP contribution in [-0.2, 0) is 30.2 Å². The summed E-state index contributed by atoms with van der Waals surface area (Å²) in [6.07, 6.45) is -1.71. The average Bonchev–Trinajstić information content (AvgIpc) is 2.73. The number of hydrogen-bond acceptors (Lipinski definition) is 8. The van der Waals surface area contributed by atoms with Crippen LogP contribution in [0.15, 0.2) is 24.3 Å². The fraction of sp³-hybridized carbons (Fsp3) is 0.679. The van der Waals surface area contributed by atoms with Gasteiger partial charge in [0.2, 0.25) is 0 Å². The first-order valence-corrected chi connectivity index (χ1v) is 12.7. The molecule has 0 spiro atoms. The third-order valence-electron chi connectivity index (χ3n) is 4.73. The molecule has 10 heteroatoms. The molecule has 0 heterocycles. The number of aliphatic hydroxyl groups excluding tert-OH is 1. The normalized spacial score (nSPS) is 14.6. The van der Waals surface area contributed by atoms with Gasteiger partial charge in [-0.15, -0.1) is 0 Å². The first kappa shape index (κ1) is 33.1. The lowest BCUT2D eigenvalue weighted by Gasteiger charge is -2.29. The number of rotatable bonds is 11. The summed E-state index contributed by atoms with van der Waals surface area (Å²) in [5.41, 5.74) is -1.68. The van der Waals surface area contributed by atoms with Gasteiger partial charge in [-0.25, -0.2) is 14.0 Å². The van der Waals surface area contributed by atoms with E-state index in [2.05, 4.69) is 5.32 Å². The van der Waals surface area contributed by atoms with Crippen molar-refractivity contribution in [1.29, 1.82) is 0 Å². The molecule has 0 saturated carbocycles. The molecule has 1 unspecified atom stereocenters. The van der Waals surface area contributed by atoms with E-state index in [1.807, 2.05) is 0 Å². The molecule has 3 atom stereocenters. The molecule has 0 fully saturated rings. The minimum Gasteiger partial charge on any atom is -0.485 e. The quantitative estimate of drug-likeness (QED) is 0.310. The molecular weight excluding hydrogens is 497 g/mol. The van der Waals surface area contributed by atoms with Crippen molar-refractivity contribution in [3.05, 3.63) is 29.8 Å². The molecule has 0 aliphatic carbocycles. The molecule has 0 aromatic heterocycles. The lowest BCUT2D eigenvalue weighted by atomic mass is 9.92. The van der Waals surface area contributed by atoms with E-state index in [9.17, 15) is 18.8 Å². The summed E-state index contributed by atoms with van der Waals surface area (Å²) in [4.78, 5) is 38.8. The Kier molecular flexibility index (Phi) is 12.0. The number of amides is 1. The van der Waals surface area contributed by atoms with Crippen LogP contribution in [0.4, 0.5) is 9.18 Å². The Hall–Kier alpha value is -2.88. The molecule has 1 amide bonds. The van der Waals surface area contributed by atoms with Crippen molar-refractivity contribution in [2.45, 2.75) is 104 Å². The van der Waals surface area contributed by atoms with Crippen LogP contribution in [0.1, 0.15) is 74.3 Å². The Labute approximate surface area is 225 Å². The Balaban J connectivity index is 3.23. The van der Waals surface area contributed by atoms with Crippen LogP contribution >= 0.6 is 0 Å². The molecule has 1 aromatic rings. The second-order valence-electron chi connectivity index (χ2n) is 12.1. The predicted molar refractivity (Wildman–Crippen MR) is 141 cm³/mol. The van der Waals surface area contributed by atoms with E-state index < -0.39 is 66.2 Å².